The summed E-state index contributed by atoms with van der Waals surface area (Å²) in [5, 5.41) is 0. The van der Waals surface area contributed by atoms with Crippen LogP contribution in [0.15, 0.2) is 54.6 Å². The van der Waals surface area contributed by atoms with Crippen molar-refractivity contribution in [3.05, 3.63) is 81.0 Å². The molecule has 0 atom stereocenters. The molecule has 0 saturated carbocycles. The zero-order valence-corrected chi connectivity index (χ0v) is 16.7. The van der Waals surface area contributed by atoms with Gasteiger partial charge in [0.1, 0.15) is 0 Å². The first-order valence-corrected chi connectivity index (χ1v) is 8.49. The van der Waals surface area contributed by atoms with Gasteiger partial charge in [-0.05, 0) is 71.9 Å². The summed E-state index contributed by atoms with van der Waals surface area (Å²) in [5.41, 5.74) is 8.37. The van der Waals surface area contributed by atoms with E-state index in [1.54, 1.807) is 0 Å². The van der Waals surface area contributed by atoms with Gasteiger partial charge in [0.05, 0.1) is 0 Å². The van der Waals surface area contributed by atoms with E-state index in [9.17, 15) is 0 Å². The van der Waals surface area contributed by atoms with Gasteiger partial charge in [-0.2, -0.15) is 0 Å². The maximum Gasteiger partial charge on any atom is 0.0308 e. The Bertz CT molecular complexity index is 872. The molecule has 1 aliphatic rings. The van der Waals surface area contributed by atoms with E-state index in [1.165, 1.54) is 43.1 Å². The maximum atomic E-state index is 2.40. The van der Waals surface area contributed by atoms with E-state index < -0.39 is 0 Å². The normalized spacial score (nSPS) is 12.5. The van der Waals surface area contributed by atoms with Gasteiger partial charge in [0, 0.05) is 36.0 Å². The smallest absolute Gasteiger partial charge is 0.0308 e. The number of aryl methyl sites for hydroxylation is 2. The number of benzene rings is 2. The second kappa shape index (κ2) is 6.71. The number of fused-ring (bicyclic) bond motifs is 1. The topological polar surface area (TPSA) is 0 Å². The van der Waals surface area contributed by atoms with Crippen LogP contribution in [-0.4, -0.2) is 0 Å². The zero-order valence-electron chi connectivity index (χ0n) is 13.4. The van der Waals surface area contributed by atoms with E-state index in [2.05, 4.69) is 74.5 Å². The molecule has 1 heterocycles. The minimum Gasteiger partial charge on any atom is -0.141 e. The summed E-state index contributed by atoms with van der Waals surface area (Å²) in [5.74, 6) is 0. The van der Waals surface area contributed by atoms with Gasteiger partial charge in [-0.25, -0.2) is 0 Å². The van der Waals surface area contributed by atoms with Crippen molar-refractivity contribution in [1.82, 2.24) is 0 Å². The Morgan fingerprint density at radius 1 is 0.870 bits per heavy atom. The fourth-order valence-corrected chi connectivity index (χ4v) is 4.16. The molecule has 1 aliphatic carbocycles. The molecule has 2 heteroatoms. The van der Waals surface area contributed by atoms with Crippen LogP contribution in [0.5, 0.6) is 0 Å². The van der Waals surface area contributed by atoms with Gasteiger partial charge in [0.15, 0.2) is 0 Å². The molecular formula is C21H18SZr. The van der Waals surface area contributed by atoms with Gasteiger partial charge in [-0.1, -0.05) is 42.5 Å². The molecule has 0 fully saturated rings. The van der Waals surface area contributed by atoms with Crippen LogP contribution in [0, 0.1) is 13.8 Å². The van der Waals surface area contributed by atoms with Crippen LogP contribution >= 0.6 is 11.3 Å². The Hall–Kier alpha value is -1.24. The summed E-state index contributed by atoms with van der Waals surface area (Å²) in [7, 11) is 0. The van der Waals surface area contributed by atoms with E-state index in [0.29, 0.717) is 0 Å². The van der Waals surface area contributed by atoms with Gasteiger partial charge < -0.3 is 0 Å². The predicted octanol–water partition coefficient (Wildman–Crippen LogP) is 6.13. The Kier molecular flexibility index (Phi) is 4.85. The predicted molar refractivity (Wildman–Crippen MR) is 97.2 cm³/mol. The zero-order chi connectivity index (χ0) is 15.1. The van der Waals surface area contributed by atoms with Crippen molar-refractivity contribution in [2.24, 2.45) is 0 Å². The molecule has 1 aromatic heterocycles. The van der Waals surface area contributed by atoms with Gasteiger partial charge in [0.25, 0.3) is 0 Å². The molecule has 0 saturated heterocycles. The molecule has 3 aromatic rings. The van der Waals surface area contributed by atoms with Crippen molar-refractivity contribution < 1.29 is 26.2 Å². The average molecular weight is 394 g/mol. The average Bonchev–Trinajstić information content (AvgIpc) is 3.14. The van der Waals surface area contributed by atoms with Crippen LogP contribution in [-0.2, 0) is 32.6 Å². The summed E-state index contributed by atoms with van der Waals surface area (Å²) < 4.78 is 0. The first-order chi connectivity index (χ1) is 10.7. The number of hydrogen-bond donors (Lipinski definition) is 0. The Morgan fingerprint density at radius 2 is 1.65 bits per heavy atom. The van der Waals surface area contributed by atoms with E-state index in [1.807, 2.05) is 11.3 Å². The van der Waals surface area contributed by atoms with Crippen molar-refractivity contribution in [3.8, 4) is 11.1 Å². The van der Waals surface area contributed by atoms with Crippen LogP contribution in [0.1, 0.15) is 26.4 Å². The summed E-state index contributed by atoms with van der Waals surface area (Å²) in [6.07, 6.45) is 3.45. The molecule has 0 bridgehead atoms. The van der Waals surface area contributed by atoms with Crippen LogP contribution in [0.25, 0.3) is 22.8 Å². The summed E-state index contributed by atoms with van der Waals surface area (Å²) >= 11 is 1.89. The second-order valence-electron chi connectivity index (χ2n) is 5.95. The summed E-state index contributed by atoms with van der Waals surface area (Å²) in [6.45, 7) is 4.39. The van der Waals surface area contributed by atoms with Crippen LogP contribution < -0.4 is 0 Å². The fraction of sp³-hybridized carbons (Fsp3) is 0.143. The molecule has 2 aromatic carbocycles. The van der Waals surface area contributed by atoms with Crippen molar-refractivity contribution in [3.63, 3.8) is 0 Å². The molecule has 4 rings (SSSR count). The molecule has 0 N–H and O–H groups in total. The minimum atomic E-state index is 0. The summed E-state index contributed by atoms with van der Waals surface area (Å²) in [6, 6.07) is 19.8. The van der Waals surface area contributed by atoms with E-state index in [0.717, 1.165) is 6.42 Å². The maximum absolute atomic E-state index is 2.40. The third kappa shape index (κ3) is 3.07. The molecule has 112 valence electrons. The van der Waals surface area contributed by atoms with E-state index in [4.69, 9.17) is 0 Å². The van der Waals surface area contributed by atoms with Crippen molar-refractivity contribution in [1.29, 1.82) is 0 Å². The number of thiophene rings is 1. The van der Waals surface area contributed by atoms with Crippen molar-refractivity contribution in [2.75, 3.05) is 0 Å². The first-order valence-electron chi connectivity index (χ1n) is 7.67. The summed E-state index contributed by atoms with van der Waals surface area (Å²) in [4.78, 5) is 2.79. The third-order valence-electron chi connectivity index (χ3n) is 4.36. The molecule has 23 heavy (non-hydrogen) atoms. The van der Waals surface area contributed by atoms with Gasteiger partial charge in [0.2, 0.25) is 0 Å². The van der Waals surface area contributed by atoms with Crippen LogP contribution in [0.4, 0.5) is 0 Å². The number of rotatable bonds is 2. The monoisotopic (exact) mass is 392 g/mol. The van der Waals surface area contributed by atoms with Gasteiger partial charge in [-0.3, -0.25) is 0 Å². The Balaban J connectivity index is 0.00000156. The molecule has 0 unspecified atom stereocenters. The fourth-order valence-electron chi connectivity index (χ4n) is 3.27. The molecule has 0 radical (unpaired) electrons. The first kappa shape index (κ1) is 16.6. The van der Waals surface area contributed by atoms with Gasteiger partial charge in [-0.15, -0.1) is 11.3 Å². The van der Waals surface area contributed by atoms with Crippen LogP contribution in [0.2, 0.25) is 0 Å². The van der Waals surface area contributed by atoms with Gasteiger partial charge >= 0.3 is 0 Å². The minimum absolute atomic E-state index is 0. The van der Waals surface area contributed by atoms with Crippen molar-refractivity contribution >= 4 is 23.0 Å². The molecule has 0 spiro atoms. The Labute approximate surface area is 161 Å². The molecule has 0 aliphatic heterocycles. The van der Waals surface area contributed by atoms with Crippen molar-refractivity contribution in [2.45, 2.75) is 20.3 Å². The van der Waals surface area contributed by atoms with E-state index >= 15 is 0 Å². The second-order valence-corrected chi connectivity index (χ2v) is 7.24. The molecule has 0 nitrogen and oxygen atoms in total. The quantitative estimate of drug-likeness (QED) is 0.491. The van der Waals surface area contributed by atoms with E-state index in [-0.39, 0.29) is 26.2 Å². The number of allylic oxidation sites excluding steroid dienone is 1. The largest absolute Gasteiger partial charge is 0.141 e. The third-order valence-corrected chi connectivity index (χ3v) is 5.44. The standard InChI is InChI=1S/C21H18S.Zr/c1-14-8-10-17-12-18(20-11-9-15(2)22-20)13-19(17)21(14)16-6-4-3-5-7-16;/h3-11,13H,12H2,1-2H3;. The Morgan fingerprint density at radius 3 is 2.35 bits per heavy atom. The molecular weight excluding hydrogens is 376 g/mol. The molecule has 0 amide bonds. The van der Waals surface area contributed by atoms with Crippen LogP contribution in [0.3, 0.4) is 0 Å². The number of hydrogen-bond acceptors (Lipinski definition) is 1. The SMILES string of the molecule is Cc1ccc(C2=Cc3c(ccc(C)c3-c3ccccc3)C2)s1.[Zr].